The topological polar surface area (TPSA) is 15.3 Å². The molecule has 0 aromatic carbocycles. The first-order valence-electron chi connectivity index (χ1n) is 7.58. The Morgan fingerprint density at radius 3 is 2.65 bits per heavy atom. The molecule has 2 unspecified atom stereocenters. The van der Waals surface area contributed by atoms with Crippen molar-refractivity contribution >= 4 is 0 Å². The summed E-state index contributed by atoms with van der Waals surface area (Å²) in [6, 6.07) is 1.60. The molecule has 1 saturated carbocycles. The summed E-state index contributed by atoms with van der Waals surface area (Å²) in [5.74, 6) is 0. The normalized spacial score (nSPS) is 33.2. The molecule has 17 heavy (non-hydrogen) atoms. The van der Waals surface area contributed by atoms with Gasteiger partial charge in [-0.25, -0.2) is 0 Å². The molecule has 2 rings (SSSR count). The molecule has 1 aliphatic carbocycles. The summed E-state index contributed by atoms with van der Waals surface area (Å²) in [7, 11) is 0. The van der Waals surface area contributed by atoms with E-state index < -0.39 is 0 Å². The van der Waals surface area contributed by atoms with Gasteiger partial charge < -0.3 is 5.32 Å². The van der Waals surface area contributed by atoms with Crippen LogP contribution in [0, 0.1) is 5.41 Å². The van der Waals surface area contributed by atoms with Crippen LogP contribution >= 0.6 is 0 Å². The first-order chi connectivity index (χ1) is 8.11. The van der Waals surface area contributed by atoms with Crippen LogP contribution in [-0.4, -0.2) is 36.6 Å². The summed E-state index contributed by atoms with van der Waals surface area (Å²) in [6.07, 6.45) is 8.41. The van der Waals surface area contributed by atoms with Gasteiger partial charge in [0.2, 0.25) is 0 Å². The lowest BCUT2D eigenvalue weighted by Gasteiger charge is -2.41. The van der Waals surface area contributed by atoms with E-state index in [1.54, 1.807) is 0 Å². The SMILES string of the molecule is CCN(CC1CCCN1)C1CCCC(C)(C)C1. The maximum absolute atomic E-state index is 3.64. The Kier molecular flexibility index (Phi) is 4.48. The Hall–Kier alpha value is -0.0800. The van der Waals surface area contributed by atoms with Crippen LogP contribution in [-0.2, 0) is 0 Å². The molecule has 2 fully saturated rings. The molecule has 2 atom stereocenters. The molecular weight excluding hydrogens is 208 g/mol. The van der Waals surface area contributed by atoms with E-state index in [-0.39, 0.29) is 0 Å². The molecule has 0 spiro atoms. The average Bonchev–Trinajstić information content (AvgIpc) is 2.77. The van der Waals surface area contributed by atoms with Crippen LogP contribution in [0.2, 0.25) is 0 Å². The highest BCUT2D eigenvalue weighted by Crippen LogP contribution is 2.37. The summed E-state index contributed by atoms with van der Waals surface area (Å²) in [6.45, 7) is 11.0. The third kappa shape index (κ3) is 3.69. The molecule has 2 heteroatoms. The number of hydrogen-bond acceptors (Lipinski definition) is 2. The van der Waals surface area contributed by atoms with Crippen molar-refractivity contribution in [3.63, 3.8) is 0 Å². The van der Waals surface area contributed by atoms with Crippen LogP contribution in [0.4, 0.5) is 0 Å². The Labute approximate surface area is 107 Å². The molecule has 2 aliphatic rings. The van der Waals surface area contributed by atoms with Crippen molar-refractivity contribution in [2.75, 3.05) is 19.6 Å². The van der Waals surface area contributed by atoms with Crippen LogP contribution in [0.25, 0.3) is 0 Å². The van der Waals surface area contributed by atoms with Gasteiger partial charge in [-0.05, 0) is 50.6 Å². The molecule has 0 aromatic rings. The lowest BCUT2D eigenvalue weighted by Crippen LogP contribution is -2.46. The summed E-state index contributed by atoms with van der Waals surface area (Å²) in [4.78, 5) is 2.74. The fourth-order valence-electron chi connectivity index (χ4n) is 3.70. The highest BCUT2D eigenvalue weighted by molar-refractivity contribution is 4.87. The molecule has 0 aromatic heterocycles. The van der Waals surface area contributed by atoms with Gasteiger partial charge in [0.05, 0.1) is 0 Å². The number of rotatable bonds is 4. The lowest BCUT2D eigenvalue weighted by molar-refractivity contribution is 0.0919. The van der Waals surface area contributed by atoms with Crippen molar-refractivity contribution in [1.82, 2.24) is 10.2 Å². The minimum absolute atomic E-state index is 0.569. The second-order valence-corrected chi connectivity index (χ2v) is 6.80. The number of nitrogens with one attached hydrogen (secondary N) is 1. The Morgan fingerprint density at radius 1 is 1.24 bits per heavy atom. The van der Waals surface area contributed by atoms with Gasteiger partial charge >= 0.3 is 0 Å². The lowest BCUT2D eigenvalue weighted by atomic mass is 9.74. The first kappa shape index (κ1) is 13.4. The largest absolute Gasteiger partial charge is 0.313 e. The predicted molar refractivity (Wildman–Crippen MR) is 74.3 cm³/mol. The quantitative estimate of drug-likeness (QED) is 0.810. The smallest absolute Gasteiger partial charge is 0.0195 e. The van der Waals surface area contributed by atoms with Gasteiger partial charge in [0.1, 0.15) is 0 Å². The van der Waals surface area contributed by atoms with Gasteiger partial charge in [0.15, 0.2) is 0 Å². The Bertz CT molecular complexity index is 231. The molecule has 100 valence electrons. The van der Waals surface area contributed by atoms with Gasteiger partial charge in [-0.1, -0.05) is 27.2 Å². The van der Waals surface area contributed by atoms with Crippen molar-refractivity contribution in [1.29, 1.82) is 0 Å². The van der Waals surface area contributed by atoms with Gasteiger partial charge in [0, 0.05) is 18.6 Å². The van der Waals surface area contributed by atoms with E-state index in [1.165, 1.54) is 58.2 Å². The monoisotopic (exact) mass is 238 g/mol. The molecule has 0 radical (unpaired) electrons. The van der Waals surface area contributed by atoms with Crippen molar-refractivity contribution in [3.8, 4) is 0 Å². The first-order valence-corrected chi connectivity index (χ1v) is 7.58. The van der Waals surface area contributed by atoms with Gasteiger partial charge in [-0.15, -0.1) is 0 Å². The maximum atomic E-state index is 3.64. The van der Waals surface area contributed by atoms with Crippen LogP contribution in [0.1, 0.15) is 59.3 Å². The Balaban J connectivity index is 1.88. The second kappa shape index (κ2) is 5.71. The highest BCUT2D eigenvalue weighted by atomic mass is 15.2. The minimum atomic E-state index is 0.569. The molecule has 1 aliphatic heterocycles. The van der Waals surface area contributed by atoms with E-state index in [1.807, 2.05) is 0 Å². The molecule has 0 amide bonds. The van der Waals surface area contributed by atoms with Gasteiger partial charge in [0.25, 0.3) is 0 Å². The fourth-order valence-corrected chi connectivity index (χ4v) is 3.70. The molecule has 0 bridgehead atoms. The van der Waals surface area contributed by atoms with E-state index in [2.05, 4.69) is 31.0 Å². The van der Waals surface area contributed by atoms with E-state index in [4.69, 9.17) is 0 Å². The number of nitrogens with zero attached hydrogens (tertiary/aromatic N) is 1. The van der Waals surface area contributed by atoms with E-state index >= 15 is 0 Å². The standard InChI is InChI=1S/C15H30N2/c1-4-17(12-13-7-6-10-16-13)14-8-5-9-15(2,3)11-14/h13-14,16H,4-12H2,1-3H3. The van der Waals surface area contributed by atoms with E-state index in [0.29, 0.717) is 5.41 Å². The van der Waals surface area contributed by atoms with Crippen molar-refractivity contribution < 1.29 is 0 Å². The van der Waals surface area contributed by atoms with Gasteiger partial charge in [-0.2, -0.15) is 0 Å². The summed E-state index contributed by atoms with van der Waals surface area (Å²) in [5, 5.41) is 3.64. The average molecular weight is 238 g/mol. The molecule has 1 N–H and O–H groups in total. The number of hydrogen-bond donors (Lipinski definition) is 1. The predicted octanol–water partition coefficient (Wildman–Crippen LogP) is 3.03. The zero-order valence-electron chi connectivity index (χ0n) is 12.0. The third-order valence-corrected chi connectivity index (χ3v) is 4.72. The zero-order chi connectivity index (χ0) is 12.3. The maximum Gasteiger partial charge on any atom is 0.0195 e. The zero-order valence-corrected chi connectivity index (χ0v) is 12.0. The molecule has 1 heterocycles. The van der Waals surface area contributed by atoms with E-state index in [0.717, 1.165) is 12.1 Å². The van der Waals surface area contributed by atoms with E-state index in [9.17, 15) is 0 Å². The fraction of sp³-hybridized carbons (Fsp3) is 1.00. The van der Waals surface area contributed by atoms with Crippen LogP contribution in [0.5, 0.6) is 0 Å². The van der Waals surface area contributed by atoms with Crippen LogP contribution < -0.4 is 5.32 Å². The second-order valence-electron chi connectivity index (χ2n) is 6.80. The number of likely N-dealkylation sites (N-methyl/N-ethyl adjacent to an activating group) is 1. The third-order valence-electron chi connectivity index (χ3n) is 4.72. The summed E-state index contributed by atoms with van der Waals surface area (Å²) >= 11 is 0. The van der Waals surface area contributed by atoms with Crippen LogP contribution in [0.3, 0.4) is 0 Å². The minimum Gasteiger partial charge on any atom is -0.313 e. The molecule has 2 nitrogen and oxygen atoms in total. The van der Waals surface area contributed by atoms with Crippen molar-refractivity contribution in [2.24, 2.45) is 5.41 Å². The highest BCUT2D eigenvalue weighted by Gasteiger charge is 2.31. The molecular formula is C15H30N2. The van der Waals surface area contributed by atoms with Crippen LogP contribution in [0.15, 0.2) is 0 Å². The summed E-state index contributed by atoms with van der Waals surface area (Å²) < 4.78 is 0. The van der Waals surface area contributed by atoms with Crippen molar-refractivity contribution in [3.05, 3.63) is 0 Å². The van der Waals surface area contributed by atoms with Crippen molar-refractivity contribution in [2.45, 2.75) is 71.4 Å². The molecule has 1 saturated heterocycles. The Morgan fingerprint density at radius 2 is 2.06 bits per heavy atom. The summed E-state index contributed by atoms with van der Waals surface area (Å²) in [5.41, 5.74) is 0.569. The van der Waals surface area contributed by atoms with Gasteiger partial charge in [-0.3, -0.25) is 4.90 Å².